The van der Waals surface area contributed by atoms with Crippen LogP contribution in [0.5, 0.6) is 5.75 Å². The van der Waals surface area contributed by atoms with Crippen LogP contribution >= 0.6 is 11.3 Å². The summed E-state index contributed by atoms with van der Waals surface area (Å²) < 4.78 is 7.93. The molecule has 0 radical (unpaired) electrons. The minimum Gasteiger partial charge on any atom is -0.486 e. The Morgan fingerprint density at radius 3 is 2.60 bits per heavy atom. The van der Waals surface area contributed by atoms with E-state index in [-0.39, 0.29) is 12.5 Å². The topological polar surface area (TPSA) is 76.4 Å². The quantitative estimate of drug-likeness (QED) is 0.363. The molecule has 176 valence electrons. The fourth-order valence-corrected chi connectivity index (χ4v) is 5.24. The number of para-hydroxylation sites is 3. The molecule has 0 atom stereocenters. The molecule has 3 aromatic heterocycles. The average molecular weight is 485 g/mol. The summed E-state index contributed by atoms with van der Waals surface area (Å²) >= 11 is 1.62. The summed E-state index contributed by atoms with van der Waals surface area (Å²) in [6, 6.07) is 19.6. The number of aromatic nitrogens is 4. The fraction of sp³-hybridized carbons (Fsp3) is 0.231. The van der Waals surface area contributed by atoms with Crippen LogP contribution in [0, 0.1) is 0 Å². The summed E-state index contributed by atoms with van der Waals surface area (Å²) in [6.07, 6.45) is 1.62. The number of benzene rings is 2. The van der Waals surface area contributed by atoms with E-state index in [0.29, 0.717) is 19.7 Å². The first-order valence-corrected chi connectivity index (χ1v) is 12.5. The summed E-state index contributed by atoms with van der Waals surface area (Å²) in [7, 11) is 0. The predicted molar refractivity (Wildman–Crippen MR) is 137 cm³/mol. The van der Waals surface area contributed by atoms with Gasteiger partial charge in [-0.2, -0.15) is 0 Å². The lowest BCUT2D eigenvalue weighted by atomic mass is 10.2. The summed E-state index contributed by atoms with van der Waals surface area (Å²) in [5.74, 6) is 2.54. The molecule has 35 heavy (non-hydrogen) atoms. The van der Waals surface area contributed by atoms with Crippen molar-refractivity contribution in [1.29, 1.82) is 0 Å². The summed E-state index contributed by atoms with van der Waals surface area (Å²) in [4.78, 5) is 32.1. The molecule has 0 unspecified atom stereocenters. The van der Waals surface area contributed by atoms with Gasteiger partial charge in [0.15, 0.2) is 0 Å². The molecule has 4 heterocycles. The second kappa shape index (κ2) is 9.34. The highest BCUT2D eigenvalue weighted by atomic mass is 32.1. The van der Waals surface area contributed by atoms with Crippen LogP contribution in [0.2, 0.25) is 0 Å². The molecular formula is C26H24N6O2S. The first-order valence-electron chi connectivity index (χ1n) is 11.6. The Balaban J connectivity index is 1.17. The van der Waals surface area contributed by atoms with Crippen molar-refractivity contribution < 1.29 is 9.53 Å². The van der Waals surface area contributed by atoms with Crippen LogP contribution < -0.4 is 9.64 Å². The fourth-order valence-electron chi connectivity index (χ4n) is 4.51. The molecular weight excluding hydrogens is 460 g/mol. The number of carbonyl (C=O) groups is 1. The van der Waals surface area contributed by atoms with Gasteiger partial charge in [-0.05, 0) is 35.7 Å². The van der Waals surface area contributed by atoms with E-state index < -0.39 is 0 Å². The number of fused-ring (bicyclic) bond motifs is 2. The standard InChI is InChI=1S/C26H24N6O2S/c33-24(30-11-13-31(14-12-30)25-20-10-15-35-26(20)28-18-27-25)16-32-22-9-5-4-8-21(22)29-23(32)17-34-19-6-2-1-3-7-19/h1-10,15,18H,11-14,16-17H2. The minimum absolute atomic E-state index is 0.0807. The molecule has 2 aromatic carbocycles. The van der Waals surface area contributed by atoms with E-state index in [1.54, 1.807) is 17.7 Å². The van der Waals surface area contributed by atoms with Gasteiger partial charge in [0.2, 0.25) is 5.91 Å². The van der Waals surface area contributed by atoms with E-state index in [9.17, 15) is 4.79 Å². The molecule has 0 N–H and O–H groups in total. The van der Waals surface area contributed by atoms with E-state index in [2.05, 4.69) is 20.9 Å². The molecule has 1 fully saturated rings. The number of imidazole rings is 1. The van der Waals surface area contributed by atoms with Gasteiger partial charge in [0.25, 0.3) is 0 Å². The van der Waals surface area contributed by atoms with Crippen LogP contribution in [0.15, 0.2) is 72.4 Å². The number of hydrogen-bond acceptors (Lipinski definition) is 7. The van der Waals surface area contributed by atoms with Gasteiger partial charge in [-0.15, -0.1) is 11.3 Å². The van der Waals surface area contributed by atoms with E-state index in [1.807, 2.05) is 69.4 Å². The van der Waals surface area contributed by atoms with Crippen molar-refractivity contribution in [2.75, 3.05) is 31.1 Å². The minimum atomic E-state index is 0.0807. The van der Waals surface area contributed by atoms with Gasteiger partial charge in [-0.1, -0.05) is 30.3 Å². The van der Waals surface area contributed by atoms with E-state index in [4.69, 9.17) is 9.72 Å². The molecule has 8 nitrogen and oxygen atoms in total. The second-order valence-corrected chi connectivity index (χ2v) is 9.30. The van der Waals surface area contributed by atoms with Crippen molar-refractivity contribution in [3.05, 3.63) is 78.2 Å². The number of amides is 1. The van der Waals surface area contributed by atoms with Crippen molar-refractivity contribution in [1.82, 2.24) is 24.4 Å². The SMILES string of the molecule is O=C(Cn1c(COc2ccccc2)nc2ccccc21)N1CCN(c2ncnc3sccc23)CC1. The number of thiophene rings is 1. The molecule has 1 amide bonds. The maximum absolute atomic E-state index is 13.3. The molecule has 1 saturated heterocycles. The Kier molecular flexibility index (Phi) is 5.75. The number of anilines is 1. The Hall–Kier alpha value is -3.98. The molecule has 6 rings (SSSR count). The number of carbonyl (C=O) groups excluding carboxylic acids is 1. The lowest BCUT2D eigenvalue weighted by Gasteiger charge is -2.35. The number of rotatable bonds is 6. The molecule has 1 aliphatic heterocycles. The average Bonchev–Trinajstić information content (AvgIpc) is 3.53. The van der Waals surface area contributed by atoms with E-state index in [1.165, 1.54) is 0 Å². The molecule has 5 aromatic rings. The molecule has 0 spiro atoms. The smallest absolute Gasteiger partial charge is 0.242 e. The Morgan fingerprint density at radius 2 is 1.74 bits per heavy atom. The molecule has 1 aliphatic rings. The van der Waals surface area contributed by atoms with Gasteiger partial charge in [-0.3, -0.25) is 4.79 Å². The zero-order valence-electron chi connectivity index (χ0n) is 19.1. The molecule has 0 aliphatic carbocycles. The third-order valence-electron chi connectivity index (χ3n) is 6.31. The zero-order valence-corrected chi connectivity index (χ0v) is 19.9. The van der Waals surface area contributed by atoms with Gasteiger partial charge < -0.3 is 19.1 Å². The first kappa shape index (κ1) is 21.5. The van der Waals surface area contributed by atoms with Crippen molar-refractivity contribution in [2.24, 2.45) is 0 Å². The summed E-state index contributed by atoms with van der Waals surface area (Å²) in [5, 5.41) is 3.11. The van der Waals surface area contributed by atoms with Crippen LogP contribution in [-0.4, -0.2) is 56.5 Å². The molecule has 0 saturated carbocycles. The first-order chi connectivity index (χ1) is 17.3. The van der Waals surface area contributed by atoms with Gasteiger partial charge in [0.1, 0.15) is 41.7 Å². The van der Waals surface area contributed by atoms with Crippen LogP contribution in [0.25, 0.3) is 21.3 Å². The summed E-state index contributed by atoms with van der Waals surface area (Å²) in [6.45, 7) is 3.30. The Morgan fingerprint density at radius 1 is 0.943 bits per heavy atom. The van der Waals surface area contributed by atoms with Crippen molar-refractivity contribution in [3.63, 3.8) is 0 Å². The predicted octanol–water partition coefficient (Wildman–Crippen LogP) is 3.97. The molecule has 9 heteroatoms. The normalized spacial score (nSPS) is 14.1. The van der Waals surface area contributed by atoms with E-state index in [0.717, 1.165) is 51.7 Å². The highest BCUT2D eigenvalue weighted by Crippen LogP contribution is 2.27. The van der Waals surface area contributed by atoms with Crippen molar-refractivity contribution in [3.8, 4) is 5.75 Å². The van der Waals surface area contributed by atoms with E-state index >= 15 is 0 Å². The second-order valence-electron chi connectivity index (χ2n) is 8.41. The van der Waals surface area contributed by atoms with Crippen molar-refractivity contribution >= 4 is 44.3 Å². The third kappa shape index (κ3) is 4.30. The van der Waals surface area contributed by atoms with Gasteiger partial charge in [0, 0.05) is 26.2 Å². The largest absolute Gasteiger partial charge is 0.486 e. The monoisotopic (exact) mass is 484 g/mol. The van der Waals surface area contributed by atoms with Crippen LogP contribution in [0.1, 0.15) is 5.82 Å². The Bertz CT molecular complexity index is 1470. The number of piperazine rings is 1. The number of hydrogen-bond donors (Lipinski definition) is 0. The van der Waals surface area contributed by atoms with Gasteiger partial charge in [-0.25, -0.2) is 15.0 Å². The maximum atomic E-state index is 13.3. The third-order valence-corrected chi connectivity index (χ3v) is 7.13. The molecule has 0 bridgehead atoms. The van der Waals surface area contributed by atoms with Crippen LogP contribution in [-0.2, 0) is 17.9 Å². The number of nitrogens with zero attached hydrogens (tertiary/aromatic N) is 6. The maximum Gasteiger partial charge on any atom is 0.242 e. The lowest BCUT2D eigenvalue weighted by Crippen LogP contribution is -2.50. The van der Waals surface area contributed by atoms with Gasteiger partial charge >= 0.3 is 0 Å². The highest BCUT2D eigenvalue weighted by Gasteiger charge is 2.25. The summed E-state index contributed by atoms with van der Waals surface area (Å²) in [5.41, 5.74) is 1.80. The Labute approximate surface area is 206 Å². The van der Waals surface area contributed by atoms with Crippen LogP contribution in [0.3, 0.4) is 0 Å². The van der Waals surface area contributed by atoms with Gasteiger partial charge in [0.05, 0.1) is 16.4 Å². The highest BCUT2D eigenvalue weighted by molar-refractivity contribution is 7.16. The van der Waals surface area contributed by atoms with Crippen molar-refractivity contribution in [2.45, 2.75) is 13.2 Å². The zero-order chi connectivity index (χ0) is 23.6. The van der Waals surface area contributed by atoms with Crippen LogP contribution in [0.4, 0.5) is 5.82 Å². The number of ether oxygens (including phenoxy) is 1. The lowest BCUT2D eigenvalue weighted by molar-refractivity contribution is -0.132.